The van der Waals surface area contributed by atoms with Crippen molar-refractivity contribution in [3.63, 3.8) is 0 Å². The van der Waals surface area contributed by atoms with Crippen LogP contribution in [0.5, 0.6) is 0 Å². The molecule has 0 aliphatic rings. The SMILES string of the molecule is CCC(CC)C(=O)/C=C(\O)C(CC)CC.Cc1ccc2[c-]c(-c3ncc(C#N)c4c3sc3cc(CC(C)(C)C)ccc34)cc([Si](C)(C)C)c2n1.[Ir]. The summed E-state index contributed by atoms with van der Waals surface area (Å²) in [7, 11) is -1.69. The zero-order valence-electron chi connectivity index (χ0n) is 32.2. The maximum Gasteiger partial charge on any atom is 0.162 e. The number of ketones is 1. The van der Waals surface area contributed by atoms with Crippen LogP contribution in [-0.2, 0) is 31.3 Å². The number of rotatable bonds is 10. The summed E-state index contributed by atoms with van der Waals surface area (Å²) in [6.45, 7) is 24.0. The summed E-state index contributed by atoms with van der Waals surface area (Å²) in [5.41, 5.74) is 6.13. The van der Waals surface area contributed by atoms with Gasteiger partial charge in [-0.3, -0.25) is 14.8 Å². The predicted octanol–water partition coefficient (Wildman–Crippen LogP) is 11.6. The number of aromatic nitrogens is 2. The Bertz CT molecular complexity index is 2070. The van der Waals surface area contributed by atoms with Crippen LogP contribution >= 0.6 is 11.3 Å². The monoisotopic (exact) mass is 897 g/mol. The van der Waals surface area contributed by atoms with E-state index in [4.69, 9.17) is 9.97 Å². The van der Waals surface area contributed by atoms with Crippen molar-refractivity contribution < 1.29 is 30.0 Å². The molecule has 0 amide bonds. The number of hydrogen-bond acceptors (Lipinski definition) is 6. The maximum atomic E-state index is 11.7. The molecular weight excluding hydrogens is 843 g/mol. The number of allylic oxidation sites excluding steroid dienone is 2. The normalized spacial score (nSPS) is 12.3. The summed E-state index contributed by atoms with van der Waals surface area (Å²) in [4.78, 5) is 21.4. The van der Waals surface area contributed by atoms with Crippen LogP contribution in [0.1, 0.15) is 91.0 Å². The van der Waals surface area contributed by atoms with Crippen LogP contribution in [-0.4, -0.2) is 28.9 Å². The standard InChI is InChI=1S/C30H30N3SSi.C13H24O2.Ir/c1-18-8-10-20-13-21(14-25(27(20)33-18)35(5,6)7)28-29-26(22(16-31)17-32-28)23-11-9-19(12-24(23)34-29)15-30(2,3)4;1-5-10(6-2)12(14)9-13(15)11(7-3)8-4;/h8-12,14,17H,15H2,1-7H3;9-11,14H,5-8H2,1-4H3;/q-1;;/b;12-9-;. The second kappa shape index (κ2) is 17.5. The van der Waals surface area contributed by atoms with Gasteiger partial charge in [0.1, 0.15) is 6.07 Å². The first kappa shape index (κ1) is 42.2. The van der Waals surface area contributed by atoms with Crippen LogP contribution in [0.15, 0.2) is 54.4 Å². The van der Waals surface area contributed by atoms with E-state index in [0.29, 0.717) is 5.56 Å². The van der Waals surface area contributed by atoms with Gasteiger partial charge in [-0.05, 0) is 61.6 Å². The molecule has 3 aromatic heterocycles. The number of fused-ring (bicyclic) bond motifs is 4. The molecule has 0 aliphatic carbocycles. The first-order valence-corrected chi connectivity index (χ1v) is 22.4. The van der Waals surface area contributed by atoms with Gasteiger partial charge in [-0.15, -0.1) is 29.5 Å². The fourth-order valence-corrected chi connectivity index (χ4v) is 9.33. The fourth-order valence-electron chi connectivity index (χ4n) is 6.56. The van der Waals surface area contributed by atoms with E-state index in [1.165, 1.54) is 21.5 Å². The van der Waals surface area contributed by atoms with Gasteiger partial charge in [0.25, 0.3) is 0 Å². The number of aliphatic hydroxyl groups is 1. The van der Waals surface area contributed by atoms with Crippen LogP contribution in [0.4, 0.5) is 0 Å². The molecule has 2 aromatic carbocycles. The molecule has 8 heteroatoms. The Labute approximate surface area is 324 Å². The zero-order chi connectivity index (χ0) is 37.0. The van der Waals surface area contributed by atoms with Gasteiger partial charge in [0.2, 0.25) is 0 Å². The minimum atomic E-state index is -1.69. The van der Waals surface area contributed by atoms with Gasteiger partial charge in [0.05, 0.1) is 19.4 Å². The molecular formula is C43H54IrN3O2SSi-. The third-order valence-electron chi connectivity index (χ3n) is 9.41. The average molecular weight is 897 g/mol. The molecule has 0 fully saturated rings. The molecule has 5 aromatic rings. The van der Waals surface area contributed by atoms with Crippen molar-refractivity contribution >= 4 is 61.5 Å². The van der Waals surface area contributed by atoms with Crippen molar-refractivity contribution in [2.24, 2.45) is 17.3 Å². The van der Waals surface area contributed by atoms with Gasteiger partial charge < -0.3 is 5.11 Å². The van der Waals surface area contributed by atoms with Crippen LogP contribution < -0.4 is 5.19 Å². The Hall–Kier alpha value is -3.21. The molecule has 0 atom stereocenters. The minimum absolute atomic E-state index is 0. The molecule has 0 spiro atoms. The Morgan fingerprint density at radius 3 is 2.24 bits per heavy atom. The molecule has 1 N–H and O–H groups in total. The smallest absolute Gasteiger partial charge is 0.162 e. The van der Waals surface area contributed by atoms with Crippen molar-refractivity contribution in [2.75, 3.05) is 0 Å². The Kier molecular flexibility index (Phi) is 14.5. The van der Waals surface area contributed by atoms with Gasteiger partial charge in [-0.2, -0.15) is 5.26 Å². The van der Waals surface area contributed by atoms with E-state index in [0.717, 1.165) is 75.4 Å². The molecule has 3 heterocycles. The van der Waals surface area contributed by atoms with Crippen LogP contribution in [0.3, 0.4) is 0 Å². The predicted molar refractivity (Wildman–Crippen MR) is 216 cm³/mol. The van der Waals surface area contributed by atoms with Gasteiger partial charge in [0, 0.05) is 75.8 Å². The van der Waals surface area contributed by atoms with Crippen LogP contribution in [0.2, 0.25) is 19.6 Å². The average Bonchev–Trinajstić information content (AvgIpc) is 3.43. The summed E-state index contributed by atoms with van der Waals surface area (Å²) in [5, 5.41) is 24.1. The largest absolute Gasteiger partial charge is 0.512 e. The van der Waals surface area contributed by atoms with E-state index < -0.39 is 8.07 Å². The van der Waals surface area contributed by atoms with Crippen molar-refractivity contribution in [1.29, 1.82) is 5.26 Å². The van der Waals surface area contributed by atoms with Crippen LogP contribution in [0, 0.1) is 41.6 Å². The van der Waals surface area contributed by atoms with Crippen molar-refractivity contribution in [3.8, 4) is 17.3 Å². The summed E-state index contributed by atoms with van der Waals surface area (Å²) in [5.74, 6) is 0.547. The zero-order valence-corrected chi connectivity index (χ0v) is 36.5. The first-order chi connectivity index (χ1) is 23.5. The van der Waals surface area contributed by atoms with Crippen LogP contribution in [0.25, 0.3) is 42.3 Å². The van der Waals surface area contributed by atoms with Gasteiger partial charge in [-0.1, -0.05) is 102 Å². The summed E-state index contributed by atoms with van der Waals surface area (Å²) in [6.07, 6.45) is 7.65. The first-order valence-electron chi connectivity index (χ1n) is 18.1. The molecule has 1 radical (unpaired) electrons. The van der Waals surface area contributed by atoms with Gasteiger partial charge in [-0.25, -0.2) is 0 Å². The van der Waals surface area contributed by atoms with E-state index >= 15 is 0 Å². The topological polar surface area (TPSA) is 86.9 Å². The minimum Gasteiger partial charge on any atom is -0.512 e. The molecule has 51 heavy (non-hydrogen) atoms. The molecule has 5 rings (SSSR count). The molecule has 273 valence electrons. The Balaban J connectivity index is 0.000000374. The van der Waals surface area contributed by atoms with Crippen molar-refractivity contribution in [2.45, 2.75) is 107 Å². The molecule has 0 unspecified atom stereocenters. The van der Waals surface area contributed by atoms with E-state index in [9.17, 15) is 15.2 Å². The molecule has 0 bridgehead atoms. The molecule has 5 nitrogen and oxygen atoms in total. The number of aliphatic hydroxyl groups excluding tert-OH is 1. The maximum absolute atomic E-state index is 11.7. The van der Waals surface area contributed by atoms with E-state index in [2.05, 4.69) is 88.9 Å². The summed E-state index contributed by atoms with van der Waals surface area (Å²) < 4.78 is 2.26. The molecule has 0 saturated carbocycles. The van der Waals surface area contributed by atoms with E-state index in [1.807, 2.05) is 34.6 Å². The second-order valence-electron chi connectivity index (χ2n) is 15.7. The summed E-state index contributed by atoms with van der Waals surface area (Å²) in [6, 6.07) is 19.1. The Morgan fingerprint density at radius 2 is 1.67 bits per heavy atom. The van der Waals surface area contributed by atoms with E-state index in [-0.39, 0.29) is 48.9 Å². The molecule has 0 saturated heterocycles. The Morgan fingerprint density at radius 1 is 1.02 bits per heavy atom. The number of nitrogens with zero attached hydrogens (tertiary/aromatic N) is 3. The molecule has 0 aliphatic heterocycles. The van der Waals surface area contributed by atoms with Gasteiger partial charge >= 0.3 is 0 Å². The number of carbonyl (C=O) groups is 1. The summed E-state index contributed by atoms with van der Waals surface area (Å²) >= 11 is 1.74. The third kappa shape index (κ3) is 10.0. The number of thiophene rings is 1. The van der Waals surface area contributed by atoms with Gasteiger partial charge in [0.15, 0.2) is 5.78 Å². The number of benzene rings is 2. The van der Waals surface area contributed by atoms with Crippen molar-refractivity contribution in [1.82, 2.24) is 9.97 Å². The number of pyridine rings is 2. The second-order valence-corrected chi connectivity index (χ2v) is 21.8. The number of nitriles is 1. The number of aryl methyl sites for hydroxylation is 1. The third-order valence-corrected chi connectivity index (χ3v) is 12.6. The van der Waals surface area contributed by atoms with E-state index in [1.54, 1.807) is 17.5 Å². The van der Waals surface area contributed by atoms with Crippen molar-refractivity contribution in [3.05, 3.63) is 77.3 Å². The number of carbonyl (C=O) groups excluding carboxylic acids is 1. The quantitative estimate of drug-likeness (QED) is 0.0653. The number of hydrogen-bond donors (Lipinski definition) is 1. The fraction of sp³-hybridized carbons (Fsp3) is 0.442.